The molecule has 4 aromatic rings. The van der Waals surface area contributed by atoms with Gasteiger partial charge in [-0.1, -0.05) is 42.5 Å². The van der Waals surface area contributed by atoms with Crippen molar-refractivity contribution in [2.45, 2.75) is 19.5 Å². The Bertz CT molecular complexity index is 1330. The average Bonchev–Trinajstić information content (AvgIpc) is 3.22. The Labute approximate surface area is 173 Å². The summed E-state index contributed by atoms with van der Waals surface area (Å²) in [4.78, 5) is 31.0. The highest BCUT2D eigenvalue weighted by atomic mass is 16.5. The van der Waals surface area contributed by atoms with Gasteiger partial charge in [-0.15, -0.1) is 6.58 Å². The highest BCUT2D eigenvalue weighted by Crippen LogP contribution is 2.23. The van der Waals surface area contributed by atoms with Crippen molar-refractivity contribution >= 4 is 11.2 Å². The molecular formula is C23H22N4O3. The molecule has 7 heteroatoms. The average molecular weight is 402 g/mol. The van der Waals surface area contributed by atoms with E-state index in [0.29, 0.717) is 22.6 Å². The first-order chi connectivity index (χ1) is 14.6. The lowest BCUT2D eigenvalue weighted by Crippen LogP contribution is -2.40. The van der Waals surface area contributed by atoms with Crippen molar-refractivity contribution in [3.8, 4) is 11.4 Å². The molecular weight excluding hydrogens is 380 g/mol. The molecule has 2 aromatic carbocycles. The summed E-state index contributed by atoms with van der Waals surface area (Å²) < 4.78 is 9.73. The molecule has 0 saturated heterocycles. The van der Waals surface area contributed by atoms with E-state index >= 15 is 0 Å². The van der Waals surface area contributed by atoms with Crippen molar-refractivity contribution in [1.82, 2.24) is 18.7 Å². The molecule has 0 radical (unpaired) electrons. The molecule has 0 fully saturated rings. The predicted octanol–water partition coefficient (Wildman–Crippen LogP) is 3.15. The molecule has 2 aromatic heterocycles. The van der Waals surface area contributed by atoms with Gasteiger partial charge < -0.3 is 9.30 Å². The van der Waals surface area contributed by atoms with Crippen LogP contribution in [0.3, 0.4) is 0 Å². The van der Waals surface area contributed by atoms with Gasteiger partial charge in [0, 0.05) is 12.6 Å². The number of ether oxygens (including phenoxy) is 1. The van der Waals surface area contributed by atoms with Crippen LogP contribution in [0.2, 0.25) is 0 Å². The normalized spacial score (nSPS) is 12.1. The third-order valence-corrected chi connectivity index (χ3v) is 5.18. The van der Waals surface area contributed by atoms with Crippen molar-refractivity contribution in [1.29, 1.82) is 0 Å². The van der Waals surface area contributed by atoms with E-state index in [1.165, 1.54) is 15.2 Å². The third kappa shape index (κ3) is 3.14. The van der Waals surface area contributed by atoms with Gasteiger partial charge in [-0.2, -0.15) is 0 Å². The Morgan fingerprint density at radius 2 is 1.90 bits per heavy atom. The van der Waals surface area contributed by atoms with Gasteiger partial charge in [0.2, 0.25) is 0 Å². The number of hydrogen-bond acceptors (Lipinski definition) is 4. The van der Waals surface area contributed by atoms with Gasteiger partial charge in [-0.3, -0.25) is 9.36 Å². The van der Waals surface area contributed by atoms with E-state index in [0.717, 1.165) is 5.56 Å². The van der Waals surface area contributed by atoms with Crippen molar-refractivity contribution in [3.63, 3.8) is 0 Å². The number of allylic oxidation sites excluding steroid dienone is 1. The Balaban J connectivity index is 2.05. The molecule has 1 unspecified atom stereocenters. The van der Waals surface area contributed by atoms with Crippen molar-refractivity contribution in [2.75, 3.05) is 7.11 Å². The van der Waals surface area contributed by atoms with Crippen LogP contribution in [0, 0.1) is 0 Å². The fourth-order valence-corrected chi connectivity index (χ4v) is 3.61. The number of fused-ring (bicyclic) bond motifs is 1. The summed E-state index contributed by atoms with van der Waals surface area (Å²) in [6.45, 7) is 5.78. The van der Waals surface area contributed by atoms with Crippen LogP contribution < -0.4 is 16.0 Å². The van der Waals surface area contributed by atoms with E-state index in [9.17, 15) is 9.59 Å². The van der Waals surface area contributed by atoms with Gasteiger partial charge in [0.15, 0.2) is 11.2 Å². The zero-order valence-corrected chi connectivity index (χ0v) is 16.9. The second-order valence-corrected chi connectivity index (χ2v) is 6.93. The molecule has 7 nitrogen and oxygen atoms in total. The monoisotopic (exact) mass is 402 g/mol. The van der Waals surface area contributed by atoms with E-state index in [1.54, 1.807) is 37.7 Å². The summed E-state index contributed by atoms with van der Waals surface area (Å²) in [6, 6.07) is 16.8. The van der Waals surface area contributed by atoms with Crippen LogP contribution in [0.1, 0.15) is 18.5 Å². The van der Waals surface area contributed by atoms with Crippen molar-refractivity contribution in [3.05, 3.63) is 100.0 Å². The van der Waals surface area contributed by atoms with Crippen LogP contribution in [-0.4, -0.2) is 25.8 Å². The zero-order valence-electron chi connectivity index (χ0n) is 16.9. The number of benzene rings is 2. The molecule has 0 amide bonds. The van der Waals surface area contributed by atoms with Gasteiger partial charge in [0.1, 0.15) is 5.75 Å². The number of rotatable bonds is 6. The maximum atomic E-state index is 13.3. The minimum atomic E-state index is -0.474. The highest BCUT2D eigenvalue weighted by Gasteiger charge is 2.21. The largest absolute Gasteiger partial charge is 0.497 e. The fraction of sp³-hybridized carbons (Fsp3) is 0.174. The standard InChI is InChI=1S/C23H22N4O3/c1-4-13-25-22(28)20-21(24-15-26(20)16(2)17-9-6-5-7-10-17)27(23(25)29)18-11-8-12-19(14-18)30-3/h4-12,14-16H,1,13H2,2-3H3. The molecule has 0 spiro atoms. The first-order valence-corrected chi connectivity index (χ1v) is 9.59. The minimum absolute atomic E-state index is 0.0997. The van der Waals surface area contributed by atoms with E-state index in [1.807, 2.05) is 41.8 Å². The lowest BCUT2D eigenvalue weighted by Gasteiger charge is -2.16. The van der Waals surface area contributed by atoms with Crippen LogP contribution in [0.5, 0.6) is 5.75 Å². The second-order valence-electron chi connectivity index (χ2n) is 6.93. The van der Waals surface area contributed by atoms with E-state index in [2.05, 4.69) is 11.6 Å². The number of imidazole rings is 1. The summed E-state index contributed by atoms with van der Waals surface area (Å²) in [7, 11) is 1.56. The maximum Gasteiger partial charge on any atom is 0.337 e. The Hall–Kier alpha value is -3.87. The SMILES string of the molecule is C=CCn1c(=O)c2c(ncn2C(C)c2ccccc2)n(-c2cccc(OC)c2)c1=O. The molecule has 0 saturated carbocycles. The van der Waals surface area contributed by atoms with Gasteiger partial charge in [0.05, 0.1) is 25.2 Å². The molecule has 0 aliphatic rings. The third-order valence-electron chi connectivity index (χ3n) is 5.18. The van der Waals surface area contributed by atoms with Crippen LogP contribution in [0.25, 0.3) is 16.9 Å². The maximum absolute atomic E-state index is 13.3. The van der Waals surface area contributed by atoms with Gasteiger partial charge in [0.25, 0.3) is 5.56 Å². The second kappa shape index (κ2) is 7.87. The van der Waals surface area contributed by atoms with Gasteiger partial charge in [-0.05, 0) is 24.6 Å². The summed E-state index contributed by atoms with van der Waals surface area (Å²) in [5, 5.41) is 0. The molecule has 0 bridgehead atoms. The van der Waals surface area contributed by atoms with Crippen molar-refractivity contribution in [2.24, 2.45) is 0 Å². The summed E-state index contributed by atoms with van der Waals surface area (Å²) >= 11 is 0. The molecule has 0 aliphatic heterocycles. The van der Waals surface area contributed by atoms with Crippen molar-refractivity contribution < 1.29 is 4.74 Å². The number of methoxy groups -OCH3 is 1. The quantitative estimate of drug-likeness (QED) is 0.465. The number of hydrogen-bond donors (Lipinski definition) is 0. The molecule has 152 valence electrons. The fourth-order valence-electron chi connectivity index (χ4n) is 3.61. The van der Waals surface area contributed by atoms with E-state index in [-0.39, 0.29) is 12.6 Å². The van der Waals surface area contributed by atoms with E-state index < -0.39 is 11.2 Å². The summed E-state index contributed by atoms with van der Waals surface area (Å²) in [5.74, 6) is 0.603. The lowest BCUT2D eigenvalue weighted by molar-refractivity contribution is 0.414. The molecule has 0 N–H and O–H groups in total. The first-order valence-electron chi connectivity index (χ1n) is 9.59. The first kappa shape index (κ1) is 19.4. The molecule has 1 atom stereocenters. The van der Waals surface area contributed by atoms with Gasteiger partial charge in [-0.25, -0.2) is 14.3 Å². The molecule has 4 rings (SSSR count). The number of aromatic nitrogens is 4. The van der Waals surface area contributed by atoms with Gasteiger partial charge >= 0.3 is 5.69 Å². The van der Waals surface area contributed by atoms with Crippen LogP contribution >= 0.6 is 0 Å². The van der Waals surface area contributed by atoms with Crippen LogP contribution in [0.15, 0.2) is 83.2 Å². The zero-order chi connectivity index (χ0) is 21.3. The minimum Gasteiger partial charge on any atom is -0.497 e. The Morgan fingerprint density at radius 3 is 2.60 bits per heavy atom. The topological polar surface area (TPSA) is 71.1 Å². The molecule has 0 aliphatic carbocycles. The summed E-state index contributed by atoms with van der Waals surface area (Å²) in [5.41, 5.74) is 1.40. The Kier molecular flexibility index (Phi) is 5.10. The molecule has 2 heterocycles. The molecule has 30 heavy (non-hydrogen) atoms. The van der Waals surface area contributed by atoms with Crippen LogP contribution in [0.4, 0.5) is 0 Å². The predicted molar refractivity (Wildman–Crippen MR) is 117 cm³/mol. The smallest absolute Gasteiger partial charge is 0.337 e. The highest BCUT2D eigenvalue weighted by molar-refractivity contribution is 5.73. The number of nitrogens with zero attached hydrogens (tertiary/aromatic N) is 4. The summed E-state index contributed by atoms with van der Waals surface area (Å²) in [6.07, 6.45) is 3.14. The Morgan fingerprint density at radius 1 is 1.13 bits per heavy atom. The van der Waals surface area contributed by atoms with Crippen LogP contribution in [-0.2, 0) is 6.54 Å². The lowest BCUT2D eigenvalue weighted by atomic mass is 10.1. The van der Waals surface area contributed by atoms with E-state index in [4.69, 9.17) is 4.74 Å².